The number of nitrogens with one attached hydrogen (secondary N) is 1. The molecule has 0 spiro atoms. The number of carbonyl (C=O) groups is 1. The first-order valence-electron chi connectivity index (χ1n) is 9.51. The van der Waals surface area contributed by atoms with Gasteiger partial charge in [-0.2, -0.15) is 4.31 Å². The lowest BCUT2D eigenvalue weighted by Gasteiger charge is -2.19. The van der Waals surface area contributed by atoms with E-state index in [1.54, 1.807) is 13.8 Å². The molecule has 0 aromatic heterocycles. The van der Waals surface area contributed by atoms with Crippen LogP contribution in [0.25, 0.3) is 0 Å². The van der Waals surface area contributed by atoms with Crippen molar-refractivity contribution in [3.05, 3.63) is 48.0 Å². The van der Waals surface area contributed by atoms with E-state index in [1.807, 2.05) is 0 Å². The Morgan fingerprint density at radius 3 is 1.94 bits per heavy atom. The Morgan fingerprint density at radius 1 is 0.903 bits per heavy atom. The number of carbonyl (C=O) groups excluding carboxylic acids is 1. The second kappa shape index (κ2) is 9.77. The van der Waals surface area contributed by atoms with E-state index in [0.29, 0.717) is 18.8 Å². The lowest BCUT2D eigenvalue weighted by Crippen LogP contribution is -2.30. The van der Waals surface area contributed by atoms with Crippen molar-refractivity contribution in [2.24, 2.45) is 0 Å². The summed E-state index contributed by atoms with van der Waals surface area (Å²) >= 11 is 0. The highest BCUT2D eigenvalue weighted by atomic mass is 32.2. The van der Waals surface area contributed by atoms with Crippen LogP contribution in [0.15, 0.2) is 52.3 Å². The number of methoxy groups -OCH3 is 1. The molecule has 170 valence electrons. The van der Waals surface area contributed by atoms with Crippen LogP contribution < -0.4 is 10.1 Å². The first kappa shape index (κ1) is 24.8. The zero-order chi connectivity index (χ0) is 23.4. The van der Waals surface area contributed by atoms with Crippen LogP contribution in [0.2, 0.25) is 0 Å². The molecule has 0 atom stereocenters. The van der Waals surface area contributed by atoms with Crippen LogP contribution in [0, 0.1) is 0 Å². The molecule has 0 radical (unpaired) electrons. The maximum Gasteiger partial charge on any atom is 0.259 e. The maximum absolute atomic E-state index is 12.8. The van der Waals surface area contributed by atoms with Crippen LogP contribution in [0.3, 0.4) is 0 Å². The molecule has 0 aliphatic heterocycles. The Hall–Kier alpha value is -2.47. The van der Waals surface area contributed by atoms with Crippen LogP contribution in [0.1, 0.15) is 24.2 Å². The van der Waals surface area contributed by atoms with Crippen LogP contribution in [-0.2, 0) is 20.0 Å². The zero-order valence-electron chi connectivity index (χ0n) is 18.1. The summed E-state index contributed by atoms with van der Waals surface area (Å²) in [5, 5.41) is 2.64. The van der Waals surface area contributed by atoms with Gasteiger partial charge in [0.15, 0.2) is 0 Å². The highest BCUT2D eigenvalue weighted by Crippen LogP contribution is 2.26. The number of rotatable bonds is 9. The molecule has 0 bridgehead atoms. The standard InChI is InChI=1S/C20H27N3O6S2/c1-6-23(7-2)31(27,28)17-12-13-19(29-5)18(14-17)20(24)21-15-8-10-16(11-9-15)30(25,26)22(3)4/h8-14H,6-7H2,1-5H3,(H,21,24). The van der Waals surface area contributed by atoms with Crippen molar-refractivity contribution in [2.45, 2.75) is 23.6 Å². The number of sulfonamides is 2. The summed E-state index contributed by atoms with van der Waals surface area (Å²) in [6.45, 7) is 4.07. The lowest BCUT2D eigenvalue weighted by molar-refractivity contribution is 0.102. The number of ether oxygens (including phenoxy) is 1. The van der Waals surface area contributed by atoms with Gasteiger partial charge in [-0.1, -0.05) is 13.8 Å². The van der Waals surface area contributed by atoms with E-state index in [-0.39, 0.29) is 21.1 Å². The predicted molar refractivity (Wildman–Crippen MR) is 118 cm³/mol. The molecule has 0 heterocycles. The van der Waals surface area contributed by atoms with Gasteiger partial charge in [0.1, 0.15) is 5.75 Å². The molecule has 0 aliphatic rings. The van der Waals surface area contributed by atoms with Crippen molar-refractivity contribution < 1.29 is 26.4 Å². The van der Waals surface area contributed by atoms with E-state index in [1.165, 1.54) is 68.0 Å². The van der Waals surface area contributed by atoms with Crippen molar-refractivity contribution in [1.29, 1.82) is 0 Å². The van der Waals surface area contributed by atoms with Gasteiger partial charge in [0.05, 0.1) is 22.5 Å². The predicted octanol–water partition coefficient (Wildman–Crippen LogP) is 2.23. The van der Waals surface area contributed by atoms with E-state index >= 15 is 0 Å². The van der Waals surface area contributed by atoms with E-state index < -0.39 is 26.0 Å². The molecule has 0 aliphatic carbocycles. The highest BCUT2D eigenvalue weighted by Gasteiger charge is 2.24. The molecule has 0 fully saturated rings. The first-order valence-corrected chi connectivity index (χ1v) is 12.4. The van der Waals surface area contributed by atoms with Crippen molar-refractivity contribution in [3.8, 4) is 5.75 Å². The SMILES string of the molecule is CCN(CC)S(=O)(=O)c1ccc(OC)c(C(=O)Nc2ccc(S(=O)(=O)N(C)C)cc2)c1. The largest absolute Gasteiger partial charge is 0.496 e. The second-order valence-electron chi connectivity index (χ2n) is 6.72. The van der Waals surface area contributed by atoms with Crippen molar-refractivity contribution >= 4 is 31.6 Å². The Labute approximate surface area is 183 Å². The van der Waals surface area contributed by atoms with Gasteiger partial charge in [0.25, 0.3) is 5.91 Å². The van der Waals surface area contributed by atoms with Gasteiger partial charge in [-0.15, -0.1) is 0 Å². The smallest absolute Gasteiger partial charge is 0.259 e. The Bertz CT molecular complexity index is 1140. The quantitative estimate of drug-likeness (QED) is 0.603. The Kier molecular flexibility index (Phi) is 7.82. The number of hydrogen-bond acceptors (Lipinski definition) is 6. The minimum atomic E-state index is -3.76. The summed E-state index contributed by atoms with van der Waals surface area (Å²) in [7, 11) is -3.11. The van der Waals surface area contributed by atoms with E-state index in [2.05, 4.69) is 5.32 Å². The molecule has 0 saturated heterocycles. The van der Waals surface area contributed by atoms with Gasteiger partial charge < -0.3 is 10.1 Å². The van der Waals surface area contributed by atoms with Crippen molar-refractivity contribution in [1.82, 2.24) is 8.61 Å². The van der Waals surface area contributed by atoms with Gasteiger partial charge >= 0.3 is 0 Å². The molecular weight excluding hydrogens is 442 g/mol. The molecule has 11 heteroatoms. The zero-order valence-corrected chi connectivity index (χ0v) is 19.7. The van der Waals surface area contributed by atoms with Crippen LogP contribution in [-0.4, -0.2) is 65.6 Å². The van der Waals surface area contributed by atoms with Gasteiger partial charge in [0, 0.05) is 32.9 Å². The van der Waals surface area contributed by atoms with Crippen LogP contribution >= 0.6 is 0 Å². The first-order chi connectivity index (χ1) is 14.5. The number of benzene rings is 2. The molecule has 2 aromatic rings. The van der Waals surface area contributed by atoms with Gasteiger partial charge in [-0.3, -0.25) is 4.79 Å². The number of hydrogen-bond donors (Lipinski definition) is 1. The minimum Gasteiger partial charge on any atom is -0.496 e. The fourth-order valence-electron chi connectivity index (χ4n) is 2.86. The van der Waals surface area contributed by atoms with Crippen molar-refractivity contribution in [3.63, 3.8) is 0 Å². The second-order valence-corrected chi connectivity index (χ2v) is 10.8. The molecule has 0 saturated carbocycles. The van der Waals surface area contributed by atoms with Crippen molar-refractivity contribution in [2.75, 3.05) is 39.6 Å². The van der Waals surface area contributed by atoms with E-state index in [4.69, 9.17) is 4.74 Å². The number of amides is 1. The average molecular weight is 470 g/mol. The summed E-state index contributed by atoms with van der Waals surface area (Å²) in [5.74, 6) is -0.375. The molecule has 0 unspecified atom stereocenters. The van der Waals surface area contributed by atoms with Gasteiger partial charge in [-0.05, 0) is 42.5 Å². The third-order valence-electron chi connectivity index (χ3n) is 4.65. The van der Waals surface area contributed by atoms with Gasteiger partial charge in [0.2, 0.25) is 20.0 Å². The topological polar surface area (TPSA) is 113 Å². The lowest BCUT2D eigenvalue weighted by atomic mass is 10.2. The maximum atomic E-state index is 12.8. The van der Waals surface area contributed by atoms with E-state index in [0.717, 1.165) is 4.31 Å². The summed E-state index contributed by atoms with van der Waals surface area (Å²) < 4.78 is 57.6. The Balaban J connectivity index is 2.37. The third kappa shape index (κ3) is 5.24. The summed E-state index contributed by atoms with van der Waals surface area (Å²) in [6, 6.07) is 9.76. The van der Waals surface area contributed by atoms with Crippen LogP contribution in [0.4, 0.5) is 5.69 Å². The molecule has 31 heavy (non-hydrogen) atoms. The number of nitrogens with zero attached hydrogens (tertiary/aromatic N) is 2. The van der Waals surface area contributed by atoms with E-state index in [9.17, 15) is 21.6 Å². The molecule has 1 N–H and O–H groups in total. The molecule has 9 nitrogen and oxygen atoms in total. The minimum absolute atomic E-state index is 0.0189. The average Bonchev–Trinajstić information content (AvgIpc) is 2.74. The molecule has 2 rings (SSSR count). The normalized spacial score (nSPS) is 12.2. The monoisotopic (exact) mass is 469 g/mol. The highest BCUT2D eigenvalue weighted by molar-refractivity contribution is 7.89. The summed E-state index contributed by atoms with van der Waals surface area (Å²) in [5.41, 5.74) is 0.391. The fraction of sp³-hybridized carbons (Fsp3) is 0.350. The van der Waals surface area contributed by atoms with Crippen LogP contribution in [0.5, 0.6) is 5.75 Å². The Morgan fingerprint density at radius 2 is 1.45 bits per heavy atom. The molecule has 2 aromatic carbocycles. The van der Waals surface area contributed by atoms with Gasteiger partial charge in [-0.25, -0.2) is 21.1 Å². The number of anilines is 1. The summed E-state index contributed by atoms with van der Waals surface area (Å²) in [6.07, 6.45) is 0. The molecule has 1 amide bonds. The molecular formula is C20H27N3O6S2. The third-order valence-corrected chi connectivity index (χ3v) is 8.52. The summed E-state index contributed by atoms with van der Waals surface area (Å²) in [4.78, 5) is 12.9. The fourth-order valence-corrected chi connectivity index (χ4v) is 5.24.